The lowest BCUT2D eigenvalue weighted by molar-refractivity contribution is 0.0667. The van der Waals surface area contributed by atoms with Gasteiger partial charge in [0.1, 0.15) is 5.69 Å². The lowest BCUT2D eigenvalue weighted by atomic mass is 10.2. The van der Waals surface area contributed by atoms with Crippen molar-refractivity contribution in [2.24, 2.45) is 7.05 Å². The molecule has 0 bridgehead atoms. The Balaban J connectivity index is 2.25. The minimum Gasteiger partial charge on any atom is -0.396 e. The normalized spacial score (nSPS) is 20.4. The van der Waals surface area contributed by atoms with Gasteiger partial charge in [-0.2, -0.15) is 5.10 Å². The quantitative estimate of drug-likeness (QED) is 0.716. The summed E-state index contributed by atoms with van der Waals surface area (Å²) >= 11 is 0. The molecule has 1 fully saturated rings. The maximum atomic E-state index is 12.2. The molecule has 1 amide bonds. The summed E-state index contributed by atoms with van der Waals surface area (Å²) < 4.78 is 1.48. The van der Waals surface area contributed by atoms with Crippen LogP contribution < -0.4 is 5.73 Å². The summed E-state index contributed by atoms with van der Waals surface area (Å²) in [5.41, 5.74) is 6.49. The Morgan fingerprint density at radius 3 is 3.06 bits per heavy atom. The number of hydrogen-bond donors (Lipinski definition) is 2. The molecule has 1 aliphatic heterocycles. The molecule has 88 valence electrons. The second-order valence-electron chi connectivity index (χ2n) is 4.05. The molecule has 1 aliphatic rings. The molecule has 2 rings (SSSR count). The van der Waals surface area contributed by atoms with E-state index < -0.39 is 0 Å². The number of rotatable bonds is 2. The van der Waals surface area contributed by atoms with Gasteiger partial charge in [0.2, 0.25) is 0 Å². The van der Waals surface area contributed by atoms with Crippen LogP contribution in [0.1, 0.15) is 23.3 Å². The Bertz CT molecular complexity index is 382. The fourth-order valence-electron chi connectivity index (χ4n) is 2.15. The van der Waals surface area contributed by atoms with Crippen LogP contribution in [0.2, 0.25) is 0 Å². The molecule has 0 radical (unpaired) electrons. The number of aromatic nitrogens is 2. The molecule has 16 heavy (non-hydrogen) atoms. The lowest BCUT2D eigenvalue weighted by Gasteiger charge is -2.23. The number of aliphatic hydroxyl groups excluding tert-OH is 1. The van der Waals surface area contributed by atoms with Gasteiger partial charge < -0.3 is 15.7 Å². The summed E-state index contributed by atoms with van der Waals surface area (Å²) in [5, 5.41) is 13.1. The van der Waals surface area contributed by atoms with Gasteiger partial charge in [0.05, 0.1) is 24.5 Å². The van der Waals surface area contributed by atoms with E-state index in [-0.39, 0.29) is 18.6 Å². The molecular formula is C10H16N4O2. The van der Waals surface area contributed by atoms with Crippen molar-refractivity contribution >= 4 is 11.6 Å². The van der Waals surface area contributed by atoms with Gasteiger partial charge in [-0.05, 0) is 12.8 Å². The number of carbonyl (C=O) groups is 1. The highest BCUT2D eigenvalue weighted by molar-refractivity contribution is 5.97. The van der Waals surface area contributed by atoms with Crippen LogP contribution >= 0.6 is 0 Å². The molecule has 3 N–H and O–H groups in total. The zero-order valence-electron chi connectivity index (χ0n) is 9.26. The number of nitrogen functional groups attached to an aromatic ring is 1. The first-order valence-electron chi connectivity index (χ1n) is 5.34. The highest BCUT2D eigenvalue weighted by Gasteiger charge is 2.31. The number of aryl methyl sites for hydroxylation is 1. The van der Waals surface area contributed by atoms with Gasteiger partial charge in [-0.15, -0.1) is 0 Å². The molecule has 1 saturated heterocycles. The van der Waals surface area contributed by atoms with E-state index in [1.165, 1.54) is 10.9 Å². The number of anilines is 1. The van der Waals surface area contributed by atoms with Crippen LogP contribution in [0.15, 0.2) is 6.20 Å². The third kappa shape index (κ3) is 1.65. The number of amides is 1. The van der Waals surface area contributed by atoms with Crippen LogP contribution in [0.25, 0.3) is 0 Å². The van der Waals surface area contributed by atoms with Crippen LogP contribution in [0, 0.1) is 0 Å². The number of hydrogen-bond acceptors (Lipinski definition) is 4. The van der Waals surface area contributed by atoms with E-state index in [9.17, 15) is 9.90 Å². The van der Waals surface area contributed by atoms with Gasteiger partial charge in [-0.3, -0.25) is 9.48 Å². The molecule has 1 aromatic heterocycles. The van der Waals surface area contributed by atoms with Crippen molar-refractivity contribution in [3.8, 4) is 0 Å². The van der Waals surface area contributed by atoms with Crippen molar-refractivity contribution in [2.75, 3.05) is 18.9 Å². The average molecular weight is 224 g/mol. The molecule has 6 heteroatoms. The molecule has 0 saturated carbocycles. The SMILES string of the molecule is Cn1ncc(N)c1C(=O)N1CCC[C@H]1CO. The van der Waals surface area contributed by atoms with E-state index in [1.54, 1.807) is 11.9 Å². The van der Waals surface area contributed by atoms with Crippen LogP contribution in [0.5, 0.6) is 0 Å². The van der Waals surface area contributed by atoms with Gasteiger partial charge in [0, 0.05) is 13.6 Å². The summed E-state index contributed by atoms with van der Waals surface area (Å²) in [6.07, 6.45) is 3.24. The summed E-state index contributed by atoms with van der Waals surface area (Å²) in [6, 6.07) is -0.0817. The number of nitrogens with two attached hydrogens (primary N) is 1. The summed E-state index contributed by atoms with van der Waals surface area (Å²) in [4.78, 5) is 13.9. The predicted molar refractivity (Wildman–Crippen MR) is 58.8 cm³/mol. The zero-order chi connectivity index (χ0) is 11.7. The van der Waals surface area contributed by atoms with Crippen molar-refractivity contribution in [3.05, 3.63) is 11.9 Å². The molecule has 0 spiro atoms. The third-order valence-electron chi connectivity index (χ3n) is 3.02. The van der Waals surface area contributed by atoms with Gasteiger partial charge in [0.15, 0.2) is 0 Å². The van der Waals surface area contributed by atoms with Crippen molar-refractivity contribution in [3.63, 3.8) is 0 Å². The number of likely N-dealkylation sites (tertiary alicyclic amines) is 1. The van der Waals surface area contributed by atoms with E-state index in [0.29, 0.717) is 17.9 Å². The van der Waals surface area contributed by atoms with Gasteiger partial charge >= 0.3 is 0 Å². The second kappa shape index (κ2) is 4.13. The van der Waals surface area contributed by atoms with E-state index in [4.69, 9.17) is 5.73 Å². The van der Waals surface area contributed by atoms with E-state index >= 15 is 0 Å². The standard InChI is InChI=1S/C10H16N4O2/c1-13-9(8(11)5-12-13)10(16)14-4-2-3-7(14)6-15/h5,7,15H,2-4,6,11H2,1H3/t7-/m0/s1. The van der Waals surface area contributed by atoms with Crippen molar-refractivity contribution < 1.29 is 9.90 Å². The van der Waals surface area contributed by atoms with Crippen molar-refractivity contribution in [1.29, 1.82) is 0 Å². The summed E-state index contributed by atoms with van der Waals surface area (Å²) in [5.74, 6) is -0.144. The molecule has 2 heterocycles. The molecule has 0 aliphatic carbocycles. The van der Waals surface area contributed by atoms with E-state index in [1.807, 2.05) is 0 Å². The Morgan fingerprint density at radius 2 is 2.50 bits per heavy atom. The number of carbonyl (C=O) groups excluding carboxylic acids is 1. The second-order valence-corrected chi connectivity index (χ2v) is 4.05. The van der Waals surface area contributed by atoms with Crippen LogP contribution in [0.4, 0.5) is 5.69 Å². The average Bonchev–Trinajstić information content (AvgIpc) is 2.85. The molecule has 1 aromatic rings. The Morgan fingerprint density at radius 1 is 1.75 bits per heavy atom. The predicted octanol–water partition coefficient (Wildman–Crippen LogP) is -0.401. The maximum Gasteiger partial charge on any atom is 0.274 e. The number of nitrogens with zero attached hydrogens (tertiary/aromatic N) is 3. The van der Waals surface area contributed by atoms with Crippen LogP contribution in [-0.2, 0) is 7.05 Å². The first kappa shape index (κ1) is 10.9. The maximum absolute atomic E-state index is 12.2. The van der Waals surface area contributed by atoms with E-state index in [0.717, 1.165) is 12.8 Å². The fourth-order valence-corrected chi connectivity index (χ4v) is 2.15. The van der Waals surface area contributed by atoms with E-state index in [2.05, 4.69) is 5.10 Å². The monoisotopic (exact) mass is 224 g/mol. The topological polar surface area (TPSA) is 84.4 Å². The third-order valence-corrected chi connectivity index (χ3v) is 3.02. The van der Waals surface area contributed by atoms with Crippen LogP contribution in [-0.4, -0.2) is 44.9 Å². The molecule has 6 nitrogen and oxygen atoms in total. The first-order chi connectivity index (χ1) is 7.65. The Labute approximate surface area is 93.6 Å². The van der Waals surface area contributed by atoms with Gasteiger partial charge in [-0.25, -0.2) is 0 Å². The smallest absolute Gasteiger partial charge is 0.274 e. The highest BCUT2D eigenvalue weighted by Crippen LogP contribution is 2.21. The Hall–Kier alpha value is -1.56. The molecular weight excluding hydrogens is 208 g/mol. The summed E-state index contributed by atoms with van der Waals surface area (Å²) in [7, 11) is 1.69. The summed E-state index contributed by atoms with van der Waals surface area (Å²) in [6.45, 7) is 0.679. The number of aliphatic hydroxyl groups is 1. The van der Waals surface area contributed by atoms with Gasteiger partial charge in [0.25, 0.3) is 5.91 Å². The van der Waals surface area contributed by atoms with Crippen molar-refractivity contribution in [2.45, 2.75) is 18.9 Å². The van der Waals surface area contributed by atoms with Gasteiger partial charge in [-0.1, -0.05) is 0 Å². The minimum absolute atomic E-state index is 0.00347. The minimum atomic E-state index is -0.144. The molecule has 1 atom stereocenters. The highest BCUT2D eigenvalue weighted by atomic mass is 16.3. The lowest BCUT2D eigenvalue weighted by Crippen LogP contribution is -2.38. The van der Waals surface area contributed by atoms with Crippen LogP contribution in [0.3, 0.4) is 0 Å². The molecule has 0 unspecified atom stereocenters. The first-order valence-corrected chi connectivity index (χ1v) is 5.34. The Kier molecular flexibility index (Phi) is 2.82. The largest absolute Gasteiger partial charge is 0.396 e. The molecule has 0 aromatic carbocycles. The fraction of sp³-hybridized carbons (Fsp3) is 0.600. The zero-order valence-corrected chi connectivity index (χ0v) is 9.26. The van der Waals surface area contributed by atoms with Crippen molar-refractivity contribution in [1.82, 2.24) is 14.7 Å².